The molecule has 0 saturated heterocycles. The van der Waals surface area contributed by atoms with Crippen LogP contribution in [0.5, 0.6) is 0 Å². The zero-order chi connectivity index (χ0) is 18.4. The summed E-state index contributed by atoms with van der Waals surface area (Å²) in [6, 6.07) is 8.36. The highest BCUT2D eigenvalue weighted by Gasteiger charge is 2.55. The predicted octanol–water partition coefficient (Wildman–Crippen LogP) is 3.94. The SMILES string of the molecule is O=C(COC(=O)C12CC3CC(CC(C3)C1)C2)N[C@@H]1CCCc2ccccc21. The van der Waals surface area contributed by atoms with Gasteiger partial charge >= 0.3 is 5.97 Å². The van der Waals surface area contributed by atoms with Crippen LogP contribution in [0, 0.1) is 23.2 Å². The van der Waals surface area contributed by atoms with Gasteiger partial charge in [0.15, 0.2) is 6.61 Å². The van der Waals surface area contributed by atoms with Gasteiger partial charge in [-0.2, -0.15) is 0 Å². The van der Waals surface area contributed by atoms with Crippen molar-refractivity contribution in [2.75, 3.05) is 6.61 Å². The zero-order valence-corrected chi connectivity index (χ0v) is 15.9. The van der Waals surface area contributed by atoms with Gasteiger partial charge in [0.2, 0.25) is 0 Å². The highest BCUT2D eigenvalue weighted by molar-refractivity contribution is 5.83. The molecule has 4 fully saturated rings. The summed E-state index contributed by atoms with van der Waals surface area (Å²) >= 11 is 0. The smallest absolute Gasteiger partial charge is 0.312 e. The van der Waals surface area contributed by atoms with E-state index < -0.39 is 0 Å². The lowest BCUT2D eigenvalue weighted by molar-refractivity contribution is -0.173. The first kappa shape index (κ1) is 17.3. The average molecular weight is 367 g/mol. The van der Waals surface area contributed by atoms with Crippen LogP contribution < -0.4 is 5.32 Å². The molecule has 27 heavy (non-hydrogen) atoms. The number of fused-ring (bicyclic) bond motifs is 1. The Hall–Kier alpha value is -1.84. The summed E-state index contributed by atoms with van der Waals surface area (Å²) in [7, 11) is 0. The van der Waals surface area contributed by atoms with Crippen molar-refractivity contribution in [1.29, 1.82) is 0 Å². The first-order valence-corrected chi connectivity index (χ1v) is 10.7. The van der Waals surface area contributed by atoms with Crippen LogP contribution in [-0.4, -0.2) is 18.5 Å². The van der Waals surface area contributed by atoms with Gasteiger partial charge in [0.1, 0.15) is 0 Å². The number of rotatable bonds is 4. The minimum Gasteiger partial charge on any atom is -0.455 e. The second kappa shape index (κ2) is 6.65. The Kier molecular flexibility index (Phi) is 4.25. The van der Waals surface area contributed by atoms with E-state index in [1.54, 1.807) is 0 Å². The fourth-order valence-electron chi connectivity index (χ4n) is 6.78. The van der Waals surface area contributed by atoms with Crippen LogP contribution in [0.2, 0.25) is 0 Å². The highest BCUT2D eigenvalue weighted by Crippen LogP contribution is 2.60. The normalized spacial score (nSPS) is 36.1. The number of benzene rings is 1. The van der Waals surface area contributed by atoms with Crippen LogP contribution in [0.25, 0.3) is 0 Å². The molecule has 5 aliphatic carbocycles. The molecule has 4 bridgehead atoms. The number of aryl methyl sites for hydroxylation is 1. The molecule has 1 N–H and O–H groups in total. The molecule has 0 unspecified atom stereocenters. The van der Waals surface area contributed by atoms with E-state index in [1.807, 2.05) is 6.07 Å². The van der Waals surface area contributed by atoms with Crippen molar-refractivity contribution in [2.45, 2.75) is 63.8 Å². The summed E-state index contributed by atoms with van der Waals surface area (Å²) in [5, 5.41) is 3.09. The first-order chi connectivity index (χ1) is 13.1. The van der Waals surface area contributed by atoms with Crippen molar-refractivity contribution < 1.29 is 14.3 Å². The van der Waals surface area contributed by atoms with Gasteiger partial charge in [-0.3, -0.25) is 9.59 Å². The van der Waals surface area contributed by atoms with Crippen molar-refractivity contribution in [3.05, 3.63) is 35.4 Å². The Morgan fingerprint density at radius 2 is 1.70 bits per heavy atom. The summed E-state index contributed by atoms with van der Waals surface area (Å²) in [6.45, 7) is -0.140. The molecule has 4 nitrogen and oxygen atoms in total. The van der Waals surface area contributed by atoms with Gasteiger partial charge in [0.25, 0.3) is 5.91 Å². The molecule has 4 saturated carbocycles. The molecule has 0 aliphatic heterocycles. The van der Waals surface area contributed by atoms with Crippen molar-refractivity contribution >= 4 is 11.9 Å². The van der Waals surface area contributed by atoms with Gasteiger partial charge in [-0.25, -0.2) is 0 Å². The van der Waals surface area contributed by atoms with E-state index in [-0.39, 0.29) is 29.9 Å². The largest absolute Gasteiger partial charge is 0.455 e. The van der Waals surface area contributed by atoms with Gasteiger partial charge in [-0.1, -0.05) is 24.3 Å². The average Bonchev–Trinajstić information content (AvgIpc) is 2.65. The van der Waals surface area contributed by atoms with Crippen molar-refractivity contribution in [2.24, 2.45) is 23.2 Å². The van der Waals surface area contributed by atoms with Gasteiger partial charge in [-0.15, -0.1) is 0 Å². The summed E-state index contributed by atoms with van der Waals surface area (Å²) in [5.74, 6) is 1.83. The van der Waals surface area contributed by atoms with Crippen LogP contribution >= 0.6 is 0 Å². The van der Waals surface area contributed by atoms with E-state index in [9.17, 15) is 9.59 Å². The Morgan fingerprint density at radius 1 is 1.04 bits per heavy atom. The predicted molar refractivity (Wildman–Crippen MR) is 102 cm³/mol. The number of carbonyl (C=O) groups is 2. The summed E-state index contributed by atoms with van der Waals surface area (Å²) in [6.07, 6.45) is 9.95. The number of ether oxygens (including phenoxy) is 1. The minimum atomic E-state index is -0.285. The maximum Gasteiger partial charge on any atom is 0.312 e. The Labute approximate surface area is 161 Å². The van der Waals surface area contributed by atoms with Crippen LogP contribution in [0.15, 0.2) is 24.3 Å². The molecule has 1 atom stereocenters. The fraction of sp³-hybridized carbons (Fsp3) is 0.652. The van der Waals surface area contributed by atoms with Crippen LogP contribution in [0.4, 0.5) is 0 Å². The molecule has 1 amide bonds. The van der Waals surface area contributed by atoms with Gasteiger partial charge < -0.3 is 10.1 Å². The van der Waals surface area contributed by atoms with E-state index in [0.717, 1.165) is 38.5 Å². The van der Waals surface area contributed by atoms with Crippen LogP contribution in [0.1, 0.15) is 68.5 Å². The van der Waals surface area contributed by atoms with Gasteiger partial charge in [-0.05, 0) is 86.7 Å². The maximum atomic E-state index is 12.9. The Bertz CT molecular complexity index is 720. The molecule has 0 spiro atoms. The second-order valence-electron chi connectivity index (χ2n) is 9.49. The minimum absolute atomic E-state index is 0.0423. The number of amides is 1. The Morgan fingerprint density at radius 3 is 2.41 bits per heavy atom. The third-order valence-electron chi connectivity index (χ3n) is 7.51. The fourth-order valence-corrected chi connectivity index (χ4v) is 6.78. The standard InChI is InChI=1S/C23H29NO3/c25-21(24-20-7-3-5-18-4-1-2-6-19(18)20)14-27-22(26)23-11-15-8-16(12-23)10-17(9-15)13-23/h1-2,4,6,15-17,20H,3,5,7-14H2,(H,24,25)/t15?,16?,17?,20-,23?/m1/s1. The van der Waals surface area contributed by atoms with E-state index in [1.165, 1.54) is 30.4 Å². The Balaban J connectivity index is 1.19. The van der Waals surface area contributed by atoms with Crippen molar-refractivity contribution in [1.82, 2.24) is 5.32 Å². The molecular formula is C23H29NO3. The summed E-state index contributed by atoms with van der Waals surface area (Å²) in [4.78, 5) is 25.4. The zero-order valence-electron chi connectivity index (χ0n) is 15.9. The molecular weight excluding hydrogens is 338 g/mol. The number of esters is 1. The van der Waals surface area contributed by atoms with Gasteiger partial charge in [0.05, 0.1) is 11.5 Å². The summed E-state index contributed by atoms with van der Waals surface area (Å²) < 4.78 is 5.57. The lowest BCUT2D eigenvalue weighted by atomic mass is 9.49. The lowest BCUT2D eigenvalue weighted by Gasteiger charge is -2.55. The van der Waals surface area contributed by atoms with E-state index in [0.29, 0.717) is 17.8 Å². The lowest BCUT2D eigenvalue weighted by Crippen LogP contribution is -2.51. The second-order valence-corrected chi connectivity index (χ2v) is 9.49. The van der Waals surface area contributed by atoms with Crippen LogP contribution in [0.3, 0.4) is 0 Å². The molecule has 144 valence electrons. The topological polar surface area (TPSA) is 55.4 Å². The van der Waals surface area contributed by atoms with Gasteiger partial charge in [0, 0.05) is 0 Å². The first-order valence-electron chi connectivity index (χ1n) is 10.7. The molecule has 4 heteroatoms. The van der Waals surface area contributed by atoms with E-state index >= 15 is 0 Å². The monoisotopic (exact) mass is 367 g/mol. The number of carbonyl (C=O) groups excluding carboxylic acids is 2. The summed E-state index contributed by atoms with van der Waals surface area (Å²) in [5.41, 5.74) is 2.25. The maximum absolute atomic E-state index is 12.9. The molecule has 0 aromatic heterocycles. The third-order valence-corrected chi connectivity index (χ3v) is 7.51. The highest BCUT2D eigenvalue weighted by atomic mass is 16.5. The number of nitrogens with one attached hydrogen (secondary N) is 1. The van der Waals surface area contributed by atoms with E-state index in [2.05, 4.69) is 23.5 Å². The molecule has 1 aromatic rings. The molecule has 1 aromatic carbocycles. The molecule has 0 heterocycles. The third kappa shape index (κ3) is 3.17. The molecule has 5 aliphatic rings. The molecule has 0 radical (unpaired) electrons. The quantitative estimate of drug-likeness (QED) is 0.820. The number of hydrogen-bond acceptors (Lipinski definition) is 3. The van der Waals surface area contributed by atoms with Crippen molar-refractivity contribution in [3.63, 3.8) is 0 Å². The van der Waals surface area contributed by atoms with Crippen LogP contribution in [-0.2, 0) is 20.7 Å². The number of hydrogen-bond donors (Lipinski definition) is 1. The molecule has 6 rings (SSSR count). The van der Waals surface area contributed by atoms with Crippen molar-refractivity contribution in [3.8, 4) is 0 Å². The van der Waals surface area contributed by atoms with E-state index in [4.69, 9.17) is 4.74 Å².